The van der Waals surface area contributed by atoms with Crippen molar-refractivity contribution in [3.63, 3.8) is 0 Å². The third kappa shape index (κ3) is 2.67. The number of hydrogen-bond donors (Lipinski definition) is 0. The Hall–Kier alpha value is 0. The molecule has 0 aromatic heterocycles. The van der Waals surface area contributed by atoms with Crippen molar-refractivity contribution in [2.24, 2.45) is 40.9 Å². The summed E-state index contributed by atoms with van der Waals surface area (Å²) < 4.78 is 0. The Morgan fingerprint density at radius 2 is 1.41 bits per heavy atom. The maximum Gasteiger partial charge on any atom is -0.0323 e. The van der Waals surface area contributed by atoms with E-state index in [1.165, 1.54) is 44.9 Å². The Kier molecular flexibility index (Phi) is 4.33. The van der Waals surface area contributed by atoms with E-state index in [-0.39, 0.29) is 0 Å². The van der Waals surface area contributed by atoms with Gasteiger partial charge in [-0.25, -0.2) is 0 Å². The number of hydrogen-bond acceptors (Lipinski definition) is 0. The van der Waals surface area contributed by atoms with Gasteiger partial charge in [0.05, 0.1) is 0 Å². The Bertz CT molecular complexity index is 377. The zero-order chi connectivity index (χ0) is 15.2. The highest BCUT2D eigenvalue weighted by Gasteiger charge is 2.54. The molecule has 0 heteroatoms. The van der Waals surface area contributed by atoms with E-state index in [1.807, 2.05) is 0 Å². The minimum Gasteiger partial charge on any atom is -0.0622 e. The van der Waals surface area contributed by atoms with Crippen molar-refractivity contribution < 1.29 is 0 Å². The molecule has 4 rings (SSSR count). The van der Waals surface area contributed by atoms with Crippen LogP contribution in [0.4, 0.5) is 0 Å². The zero-order valence-corrected chi connectivity index (χ0v) is 15.2. The Morgan fingerprint density at radius 3 is 2.18 bits per heavy atom. The average Bonchev–Trinajstić information content (AvgIpc) is 2.84. The first-order valence-corrected chi connectivity index (χ1v) is 10.7. The second-order valence-corrected chi connectivity index (χ2v) is 10.0. The van der Waals surface area contributed by atoms with Crippen LogP contribution in [0.1, 0.15) is 97.3 Å². The fraction of sp³-hybridized carbons (Fsp3) is 1.00. The van der Waals surface area contributed by atoms with Crippen LogP contribution in [0.15, 0.2) is 0 Å². The topological polar surface area (TPSA) is 0 Å². The summed E-state index contributed by atoms with van der Waals surface area (Å²) in [7, 11) is 0. The van der Waals surface area contributed by atoms with Crippen molar-refractivity contribution in [1.29, 1.82) is 0 Å². The second kappa shape index (κ2) is 6.14. The molecule has 4 fully saturated rings. The van der Waals surface area contributed by atoms with E-state index < -0.39 is 0 Å². The van der Waals surface area contributed by atoms with Gasteiger partial charge in [-0.2, -0.15) is 0 Å². The second-order valence-electron chi connectivity index (χ2n) is 10.0. The first kappa shape index (κ1) is 15.5. The lowest BCUT2D eigenvalue weighted by molar-refractivity contribution is 0.0812. The normalized spacial score (nSPS) is 47.7. The van der Waals surface area contributed by atoms with Crippen LogP contribution in [0.2, 0.25) is 0 Å². The van der Waals surface area contributed by atoms with E-state index in [0.717, 1.165) is 35.5 Å². The van der Waals surface area contributed by atoms with Crippen molar-refractivity contribution in [1.82, 2.24) is 0 Å². The molecule has 6 unspecified atom stereocenters. The molecule has 0 amide bonds. The van der Waals surface area contributed by atoms with E-state index in [2.05, 4.69) is 13.8 Å². The maximum absolute atomic E-state index is 2.66. The molecular weight excluding hydrogens is 264 g/mol. The predicted octanol–water partition coefficient (Wildman–Crippen LogP) is 6.84. The van der Waals surface area contributed by atoms with Gasteiger partial charge in [-0.1, -0.05) is 58.8 Å². The lowest BCUT2D eigenvalue weighted by Gasteiger charge is -2.42. The van der Waals surface area contributed by atoms with Crippen LogP contribution in [0, 0.1) is 40.9 Å². The summed E-state index contributed by atoms with van der Waals surface area (Å²) >= 11 is 0. The van der Waals surface area contributed by atoms with Gasteiger partial charge < -0.3 is 0 Å². The third-order valence-corrected chi connectivity index (χ3v) is 8.61. The van der Waals surface area contributed by atoms with Crippen LogP contribution >= 0.6 is 0 Å². The molecule has 22 heavy (non-hydrogen) atoms. The van der Waals surface area contributed by atoms with E-state index in [9.17, 15) is 0 Å². The van der Waals surface area contributed by atoms with Gasteiger partial charge in [0.1, 0.15) is 0 Å². The highest BCUT2D eigenvalue weighted by molar-refractivity contribution is 5.03. The van der Waals surface area contributed by atoms with Crippen LogP contribution in [0.25, 0.3) is 0 Å². The zero-order valence-electron chi connectivity index (χ0n) is 15.2. The van der Waals surface area contributed by atoms with Gasteiger partial charge in [0.15, 0.2) is 0 Å². The Balaban J connectivity index is 1.57. The van der Waals surface area contributed by atoms with E-state index in [4.69, 9.17) is 0 Å². The molecular formula is C22H38. The van der Waals surface area contributed by atoms with E-state index in [1.54, 1.807) is 38.5 Å². The minimum atomic E-state index is 0.705. The fourth-order valence-electron chi connectivity index (χ4n) is 7.72. The molecule has 0 aliphatic heterocycles. The standard InChI is InChI=1S/C22H38/c1-16-9-8-12-19-17-10-4-5-11-18(17)20(21(16)19)15-22(2)13-6-3-7-14-22/h16-21H,3-15H2,1-2H3. The van der Waals surface area contributed by atoms with Gasteiger partial charge in [-0.3, -0.25) is 0 Å². The maximum atomic E-state index is 2.66. The van der Waals surface area contributed by atoms with Crippen molar-refractivity contribution in [3.8, 4) is 0 Å². The van der Waals surface area contributed by atoms with Crippen molar-refractivity contribution >= 4 is 0 Å². The van der Waals surface area contributed by atoms with Gasteiger partial charge >= 0.3 is 0 Å². The van der Waals surface area contributed by atoms with Crippen LogP contribution in [-0.2, 0) is 0 Å². The smallest absolute Gasteiger partial charge is 0.0323 e. The van der Waals surface area contributed by atoms with Crippen LogP contribution < -0.4 is 0 Å². The monoisotopic (exact) mass is 302 g/mol. The SMILES string of the molecule is CC1CCCC2C3CCCCC3C(CC3(C)CCCCC3)C12. The van der Waals surface area contributed by atoms with Crippen molar-refractivity contribution in [2.45, 2.75) is 97.3 Å². The molecule has 4 saturated carbocycles. The quantitative estimate of drug-likeness (QED) is 0.524. The van der Waals surface area contributed by atoms with Gasteiger partial charge in [0, 0.05) is 0 Å². The van der Waals surface area contributed by atoms with E-state index in [0.29, 0.717) is 5.41 Å². The molecule has 0 N–H and O–H groups in total. The molecule has 0 radical (unpaired) electrons. The molecule has 0 bridgehead atoms. The molecule has 0 saturated heterocycles. The third-order valence-electron chi connectivity index (χ3n) is 8.61. The Labute approximate surface area is 138 Å². The molecule has 0 aromatic carbocycles. The number of rotatable bonds is 2. The molecule has 4 aliphatic carbocycles. The van der Waals surface area contributed by atoms with Gasteiger partial charge in [-0.15, -0.1) is 0 Å². The fourth-order valence-corrected chi connectivity index (χ4v) is 7.72. The molecule has 126 valence electrons. The highest BCUT2D eigenvalue weighted by atomic mass is 14.6. The van der Waals surface area contributed by atoms with Gasteiger partial charge in [-0.05, 0) is 79.4 Å². The van der Waals surface area contributed by atoms with E-state index >= 15 is 0 Å². The van der Waals surface area contributed by atoms with Gasteiger partial charge in [0.2, 0.25) is 0 Å². The molecule has 0 heterocycles. The summed E-state index contributed by atoms with van der Waals surface area (Å²) in [5.41, 5.74) is 0.705. The lowest BCUT2D eigenvalue weighted by atomic mass is 9.63. The van der Waals surface area contributed by atoms with Crippen molar-refractivity contribution in [2.75, 3.05) is 0 Å². The minimum absolute atomic E-state index is 0.705. The van der Waals surface area contributed by atoms with Crippen LogP contribution in [0.5, 0.6) is 0 Å². The predicted molar refractivity (Wildman–Crippen MR) is 94.7 cm³/mol. The summed E-state index contributed by atoms with van der Waals surface area (Å²) in [5, 5.41) is 0. The first-order valence-electron chi connectivity index (χ1n) is 10.7. The molecule has 6 atom stereocenters. The van der Waals surface area contributed by atoms with Crippen LogP contribution in [-0.4, -0.2) is 0 Å². The van der Waals surface area contributed by atoms with Gasteiger partial charge in [0.25, 0.3) is 0 Å². The summed E-state index contributed by atoms with van der Waals surface area (Å²) in [6.07, 6.45) is 20.1. The van der Waals surface area contributed by atoms with Crippen LogP contribution in [0.3, 0.4) is 0 Å². The highest BCUT2D eigenvalue weighted by Crippen LogP contribution is 2.61. The summed E-state index contributed by atoms with van der Waals surface area (Å²) in [4.78, 5) is 0. The first-order chi connectivity index (χ1) is 10.7. The molecule has 4 aliphatic rings. The largest absolute Gasteiger partial charge is 0.0622 e. The summed E-state index contributed by atoms with van der Waals surface area (Å²) in [6, 6.07) is 0. The summed E-state index contributed by atoms with van der Waals surface area (Å²) in [5.74, 6) is 6.64. The molecule has 0 spiro atoms. The molecule has 0 aromatic rings. The lowest BCUT2D eigenvalue weighted by Crippen LogP contribution is -2.33. The summed E-state index contributed by atoms with van der Waals surface area (Å²) in [6.45, 7) is 5.27. The molecule has 0 nitrogen and oxygen atoms in total. The van der Waals surface area contributed by atoms with Crippen molar-refractivity contribution in [3.05, 3.63) is 0 Å². The number of fused-ring (bicyclic) bond motifs is 3. The Morgan fingerprint density at radius 1 is 0.727 bits per heavy atom. The average molecular weight is 303 g/mol.